The molecule has 5 heteroatoms. The van der Waals surface area contributed by atoms with Crippen molar-refractivity contribution >= 4 is 21.7 Å². The van der Waals surface area contributed by atoms with Crippen LogP contribution < -0.4 is 11.1 Å². The van der Waals surface area contributed by atoms with Gasteiger partial charge in [-0.1, -0.05) is 0 Å². The first-order valence-corrected chi connectivity index (χ1v) is 6.42. The van der Waals surface area contributed by atoms with Gasteiger partial charge in [-0.25, -0.2) is 4.98 Å². The molecule has 0 aliphatic heterocycles. The summed E-state index contributed by atoms with van der Waals surface area (Å²) in [5.74, 6) is 0.541. The van der Waals surface area contributed by atoms with Gasteiger partial charge in [0.1, 0.15) is 5.82 Å². The summed E-state index contributed by atoms with van der Waals surface area (Å²) in [6.45, 7) is 2.02. The first kappa shape index (κ1) is 13.0. The Balaban J connectivity index is 2.48. The molecule has 2 rings (SSSR count). The second kappa shape index (κ2) is 5.46. The van der Waals surface area contributed by atoms with Crippen LogP contribution in [0.1, 0.15) is 22.9 Å². The van der Waals surface area contributed by atoms with E-state index in [1.807, 2.05) is 32.2 Å². The Kier molecular flexibility index (Phi) is 3.93. The second-order valence-corrected chi connectivity index (χ2v) is 4.97. The van der Waals surface area contributed by atoms with Gasteiger partial charge in [-0.15, -0.1) is 0 Å². The molecule has 94 valence electrons. The molecule has 0 amide bonds. The fraction of sp³-hybridized carbons (Fsp3) is 0.231. The van der Waals surface area contributed by atoms with E-state index in [2.05, 4.69) is 31.2 Å². The number of nitrogens with two attached hydrogens (primary N) is 1. The molecule has 18 heavy (non-hydrogen) atoms. The first-order valence-electron chi connectivity index (χ1n) is 5.63. The van der Waals surface area contributed by atoms with Crippen LogP contribution in [0.15, 0.2) is 35.1 Å². The number of aryl methyl sites for hydroxylation is 1. The van der Waals surface area contributed by atoms with E-state index in [1.54, 1.807) is 12.4 Å². The lowest BCUT2D eigenvalue weighted by molar-refractivity contribution is 0.666. The highest BCUT2D eigenvalue weighted by Gasteiger charge is 2.18. The number of nitrogens with one attached hydrogen (secondary N) is 1. The normalized spacial score (nSPS) is 12.4. The van der Waals surface area contributed by atoms with E-state index in [-0.39, 0.29) is 6.04 Å². The topological polar surface area (TPSA) is 63.8 Å². The monoisotopic (exact) mass is 306 g/mol. The molecule has 1 atom stereocenters. The fourth-order valence-corrected chi connectivity index (χ4v) is 2.20. The third-order valence-electron chi connectivity index (χ3n) is 2.86. The molecule has 0 aliphatic carbocycles. The number of anilines is 1. The third kappa shape index (κ3) is 2.52. The van der Waals surface area contributed by atoms with Gasteiger partial charge >= 0.3 is 0 Å². The van der Waals surface area contributed by atoms with Crippen molar-refractivity contribution < 1.29 is 0 Å². The number of nitrogen functional groups attached to an aromatic ring is 1. The Bertz CT molecular complexity index is 519. The minimum absolute atomic E-state index is 0.0493. The minimum atomic E-state index is -0.0493. The van der Waals surface area contributed by atoms with Gasteiger partial charge in [-0.3, -0.25) is 4.98 Å². The van der Waals surface area contributed by atoms with Crippen molar-refractivity contribution in [1.29, 1.82) is 0 Å². The highest BCUT2D eigenvalue weighted by Crippen LogP contribution is 2.27. The summed E-state index contributed by atoms with van der Waals surface area (Å²) in [6.07, 6.45) is 3.50. The molecule has 0 fully saturated rings. The van der Waals surface area contributed by atoms with Gasteiger partial charge in [0.25, 0.3) is 0 Å². The molecule has 2 aromatic rings. The predicted octanol–water partition coefficient (Wildman–Crippen LogP) is 2.44. The Morgan fingerprint density at radius 2 is 2.06 bits per heavy atom. The summed E-state index contributed by atoms with van der Waals surface area (Å²) in [6, 6.07) is 5.84. The van der Waals surface area contributed by atoms with Gasteiger partial charge in [0.05, 0.1) is 11.7 Å². The molecule has 2 aromatic heterocycles. The molecule has 3 N–H and O–H groups in total. The molecule has 0 spiro atoms. The van der Waals surface area contributed by atoms with E-state index in [1.165, 1.54) is 0 Å². The predicted molar refractivity (Wildman–Crippen MR) is 76.2 cm³/mol. The van der Waals surface area contributed by atoms with Crippen molar-refractivity contribution in [3.05, 3.63) is 51.9 Å². The molecule has 0 bridgehead atoms. The lowest BCUT2D eigenvalue weighted by Crippen LogP contribution is -2.21. The summed E-state index contributed by atoms with van der Waals surface area (Å²) in [5, 5.41) is 3.24. The van der Waals surface area contributed by atoms with Crippen LogP contribution in [0.4, 0.5) is 5.82 Å². The Morgan fingerprint density at radius 3 is 2.61 bits per heavy atom. The van der Waals surface area contributed by atoms with Crippen LogP contribution in [0.25, 0.3) is 0 Å². The van der Waals surface area contributed by atoms with Crippen LogP contribution >= 0.6 is 15.9 Å². The van der Waals surface area contributed by atoms with Gasteiger partial charge in [0.15, 0.2) is 0 Å². The highest BCUT2D eigenvalue weighted by molar-refractivity contribution is 9.10. The van der Waals surface area contributed by atoms with Crippen LogP contribution in [0.2, 0.25) is 0 Å². The van der Waals surface area contributed by atoms with Crippen molar-refractivity contribution in [3.63, 3.8) is 0 Å². The Labute approximate surface area is 115 Å². The minimum Gasteiger partial charge on any atom is -0.383 e. The van der Waals surface area contributed by atoms with Crippen LogP contribution in [0, 0.1) is 6.92 Å². The van der Waals surface area contributed by atoms with Crippen LogP contribution in [-0.2, 0) is 0 Å². The maximum atomic E-state index is 5.98. The summed E-state index contributed by atoms with van der Waals surface area (Å²) in [4.78, 5) is 8.57. The number of hydrogen-bond donors (Lipinski definition) is 2. The number of aromatic nitrogens is 2. The van der Waals surface area contributed by atoms with Crippen LogP contribution in [0.3, 0.4) is 0 Å². The van der Waals surface area contributed by atoms with Crippen molar-refractivity contribution in [1.82, 2.24) is 15.3 Å². The summed E-state index contributed by atoms with van der Waals surface area (Å²) in [5.41, 5.74) is 8.98. The van der Waals surface area contributed by atoms with Crippen molar-refractivity contribution in [2.24, 2.45) is 0 Å². The highest BCUT2D eigenvalue weighted by atomic mass is 79.9. The fourth-order valence-electron chi connectivity index (χ4n) is 1.96. The molecule has 4 nitrogen and oxygen atoms in total. The molecule has 0 aliphatic rings. The van der Waals surface area contributed by atoms with E-state index in [9.17, 15) is 0 Å². The number of rotatable bonds is 3. The van der Waals surface area contributed by atoms with Crippen molar-refractivity contribution in [3.8, 4) is 0 Å². The van der Waals surface area contributed by atoms with E-state index in [0.29, 0.717) is 5.82 Å². The first-order chi connectivity index (χ1) is 8.63. The zero-order chi connectivity index (χ0) is 13.1. The molecule has 0 saturated heterocycles. The number of pyridine rings is 2. The van der Waals surface area contributed by atoms with Gasteiger partial charge in [-0.05, 0) is 53.7 Å². The van der Waals surface area contributed by atoms with Gasteiger partial charge in [0.2, 0.25) is 0 Å². The summed E-state index contributed by atoms with van der Waals surface area (Å²) in [7, 11) is 1.89. The van der Waals surface area contributed by atoms with E-state index < -0.39 is 0 Å². The zero-order valence-corrected chi connectivity index (χ0v) is 11.9. The molecule has 0 radical (unpaired) electrons. The van der Waals surface area contributed by atoms with Gasteiger partial charge in [0, 0.05) is 22.4 Å². The second-order valence-electron chi connectivity index (χ2n) is 4.05. The van der Waals surface area contributed by atoms with Crippen molar-refractivity contribution in [2.45, 2.75) is 13.0 Å². The lowest BCUT2D eigenvalue weighted by atomic mass is 9.99. The largest absolute Gasteiger partial charge is 0.383 e. The maximum absolute atomic E-state index is 5.98. The molecule has 2 heterocycles. The Morgan fingerprint density at radius 1 is 1.28 bits per heavy atom. The molecular weight excluding hydrogens is 292 g/mol. The maximum Gasteiger partial charge on any atom is 0.128 e. The van der Waals surface area contributed by atoms with Crippen LogP contribution in [-0.4, -0.2) is 17.0 Å². The number of halogens is 1. The average Bonchev–Trinajstić information content (AvgIpc) is 2.35. The molecule has 0 aromatic carbocycles. The van der Waals surface area contributed by atoms with E-state index in [0.717, 1.165) is 21.3 Å². The standard InChI is InChI=1S/C13H15BrN4/c1-8-5-6-17-13(15)11(8)12(16-2)10-4-3-9(14)7-18-10/h3-7,12,16H,1-2H3,(H2,15,17). The quantitative estimate of drug-likeness (QED) is 0.914. The van der Waals surface area contributed by atoms with Gasteiger partial charge < -0.3 is 11.1 Å². The van der Waals surface area contributed by atoms with Crippen molar-refractivity contribution in [2.75, 3.05) is 12.8 Å². The van der Waals surface area contributed by atoms with Crippen LogP contribution in [0.5, 0.6) is 0 Å². The molecular formula is C13H15BrN4. The van der Waals surface area contributed by atoms with Gasteiger partial charge in [-0.2, -0.15) is 0 Å². The SMILES string of the molecule is CNC(c1ccc(Br)cn1)c1c(C)ccnc1N. The third-order valence-corrected chi connectivity index (χ3v) is 3.33. The molecule has 0 saturated carbocycles. The average molecular weight is 307 g/mol. The molecule has 1 unspecified atom stereocenters. The van der Waals surface area contributed by atoms with E-state index >= 15 is 0 Å². The number of nitrogens with zero attached hydrogens (tertiary/aromatic N) is 2. The Hall–Kier alpha value is -1.46. The summed E-state index contributed by atoms with van der Waals surface area (Å²) < 4.78 is 0.956. The smallest absolute Gasteiger partial charge is 0.128 e. The van der Waals surface area contributed by atoms with E-state index in [4.69, 9.17) is 5.73 Å². The summed E-state index contributed by atoms with van der Waals surface area (Å²) >= 11 is 3.38. The zero-order valence-electron chi connectivity index (χ0n) is 10.3. The lowest BCUT2D eigenvalue weighted by Gasteiger charge is -2.19. The number of hydrogen-bond acceptors (Lipinski definition) is 4.